The fourth-order valence-electron chi connectivity index (χ4n) is 2.11. The molecule has 0 aliphatic carbocycles. The van der Waals surface area contributed by atoms with Crippen LogP contribution in [0.3, 0.4) is 0 Å². The summed E-state index contributed by atoms with van der Waals surface area (Å²) in [6, 6.07) is 6.98. The van der Waals surface area contributed by atoms with E-state index in [1.165, 1.54) is 5.57 Å². The van der Waals surface area contributed by atoms with Crippen LogP contribution in [0, 0.1) is 0 Å². The second-order valence-electron chi connectivity index (χ2n) is 4.98. The van der Waals surface area contributed by atoms with Crippen LogP contribution in [-0.4, -0.2) is 31.4 Å². The number of halogens is 1. The fraction of sp³-hybridized carbons (Fsp3) is 0.375. The predicted molar refractivity (Wildman–Crippen MR) is 90.5 cm³/mol. The smallest absolute Gasteiger partial charge is 0.251 e. The van der Waals surface area contributed by atoms with Gasteiger partial charge < -0.3 is 16.0 Å². The first-order valence-corrected chi connectivity index (χ1v) is 7.25. The Bertz CT molecular complexity index is 558. The van der Waals surface area contributed by atoms with Gasteiger partial charge in [-0.3, -0.25) is 9.59 Å². The van der Waals surface area contributed by atoms with E-state index in [-0.39, 0.29) is 24.2 Å². The van der Waals surface area contributed by atoms with Crippen LogP contribution >= 0.6 is 12.4 Å². The van der Waals surface area contributed by atoms with Gasteiger partial charge in [0.25, 0.3) is 5.91 Å². The number of anilines is 1. The SMILES string of the molecule is CCC(=O)Nc1cccc(C(=O)NCC2=CCNCC2)c1.Cl. The monoisotopic (exact) mass is 323 g/mol. The minimum absolute atomic E-state index is 0. The lowest BCUT2D eigenvalue weighted by molar-refractivity contribution is -0.115. The van der Waals surface area contributed by atoms with Gasteiger partial charge in [0.2, 0.25) is 5.91 Å². The van der Waals surface area contributed by atoms with Gasteiger partial charge >= 0.3 is 0 Å². The Morgan fingerprint density at radius 1 is 1.32 bits per heavy atom. The van der Waals surface area contributed by atoms with E-state index in [9.17, 15) is 9.59 Å². The summed E-state index contributed by atoms with van der Waals surface area (Å²) < 4.78 is 0. The minimum Gasteiger partial charge on any atom is -0.348 e. The molecule has 1 aromatic rings. The van der Waals surface area contributed by atoms with Crippen molar-refractivity contribution < 1.29 is 9.59 Å². The molecule has 0 atom stereocenters. The Labute approximate surface area is 137 Å². The average Bonchev–Trinajstić information content (AvgIpc) is 2.53. The Hall–Kier alpha value is -1.85. The van der Waals surface area contributed by atoms with Gasteiger partial charge in [-0.15, -0.1) is 12.4 Å². The zero-order valence-electron chi connectivity index (χ0n) is 12.6. The summed E-state index contributed by atoms with van der Waals surface area (Å²) in [5.74, 6) is -0.186. The van der Waals surface area contributed by atoms with Crippen molar-refractivity contribution in [2.24, 2.45) is 0 Å². The molecule has 3 N–H and O–H groups in total. The summed E-state index contributed by atoms with van der Waals surface area (Å²) >= 11 is 0. The molecule has 120 valence electrons. The lowest BCUT2D eigenvalue weighted by Gasteiger charge is -2.14. The normalized spacial score (nSPS) is 13.6. The van der Waals surface area contributed by atoms with E-state index >= 15 is 0 Å². The fourth-order valence-corrected chi connectivity index (χ4v) is 2.11. The second-order valence-corrected chi connectivity index (χ2v) is 4.98. The van der Waals surface area contributed by atoms with E-state index in [0.717, 1.165) is 19.5 Å². The molecule has 0 bridgehead atoms. The van der Waals surface area contributed by atoms with E-state index in [1.807, 2.05) is 0 Å². The second kappa shape index (κ2) is 9.23. The molecule has 0 spiro atoms. The summed E-state index contributed by atoms with van der Waals surface area (Å²) in [5.41, 5.74) is 2.45. The van der Waals surface area contributed by atoms with Gasteiger partial charge in [-0.1, -0.05) is 24.6 Å². The molecule has 0 unspecified atom stereocenters. The first kappa shape index (κ1) is 18.2. The molecule has 0 saturated carbocycles. The molecule has 0 radical (unpaired) electrons. The summed E-state index contributed by atoms with van der Waals surface area (Å²) in [7, 11) is 0. The molecule has 1 aromatic carbocycles. The molecule has 0 aromatic heterocycles. The Morgan fingerprint density at radius 3 is 2.82 bits per heavy atom. The van der Waals surface area contributed by atoms with Crippen LogP contribution in [0.25, 0.3) is 0 Å². The van der Waals surface area contributed by atoms with Crippen molar-refractivity contribution in [3.63, 3.8) is 0 Å². The van der Waals surface area contributed by atoms with E-state index in [4.69, 9.17) is 0 Å². The standard InChI is InChI=1S/C16H21N3O2.ClH/c1-2-15(20)19-14-5-3-4-13(10-14)16(21)18-11-12-6-8-17-9-7-12;/h3-6,10,17H,2,7-9,11H2,1H3,(H,18,21)(H,19,20);1H. The number of benzene rings is 1. The number of hydrogen-bond acceptors (Lipinski definition) is 3. The lowest BCUT2D eigenvalue weighted by atomic mass is 10.1. The number of carbonyl (C=O) groups excluding carboxylic acids is 2. The van der Waals surface area contributed by atoms with Gasteiger partial charge in [-0.05, 0) is 31.2 Å². The van der Waals surface area contributed by atoms with Crippen LogP contribution in [0.1, 0.15) is 30.1 Å². The van der Waals surface area contributed by atoms with Crippen LogP contribution in [0.15, 0.2) is 35.9 Å². The summed E-state index contributed by atoms with van der Waals surface area (Å²) in [6.07, 6.45) is 3.49. The van der Waals surface area contributed by atoms with Crippen molar-refractivity contribution in [2.45, 2.75) is 19.8 Å². The van der Waals surface area contributed by atoms with Crippen molar-refractivity contribution >= 4 is 29.9 Å². The summed E-state index contributed by atoms with van der Waals surface area (Å²) in [6.45, 7) is 4.19. The van der Waals surface area contributed by atoms with Gasteiger partial charge in [0.05, 0.1) is 0 Å². The predicted octanol–water partition coefficient (Wildman–Crippen LogP) is 2.11. The zero-order valence-corrected chi connectivity index (χ0v) is 13.5. The topological polar surface area (TPSA) is 70.2 Å². The molecular formula is C16H22ClN3O2. The molecule has 5 nitrogen and oxygen atoms in total. The van der Waals surface area contributed by atoms with Gasteiger partial charge in [0.15, 0.2) is 0 Å². The van der Waals surface area contributed by atoms with Crippen molar-refractivity contribution in [1.82, 2.24) is 10.6 Å². The maximum absolute atomic E-state index is 12.1. The molecule has 0 fully saturated rings. The van der Waals surface area contributed by atoms with E-state index in [1.54, 1.807) is 31.2 Å². The van der Waals surface area contributed by atoms with Gasteiger partial charge in [0, 0.05) is 30.8 Å². The van der Waals surface area contributed by atoms with Gasteiger partial charge in [-0.25, -0.2) is 0 Å². The molecule has 0 saturated heterocycles. The van der Waals surface area contributed by atoms with Crippen LogP contribution in [0.5, 0.6) is 0 Å². The number of rotatable bonds is 5. The number of nitrogens with one attached hydrogen (secondary N) is 3. The largest absolute Gasteiger partial charge is 0.348 e. The number of amides is 2. The molecule has 6 heteroatoms. The quantitative estimate of drug-likeness (QED) is 0.727. The van der Waals surface area contributed by atoms with Gasteiger partial charge in [-0.2, -0.15) is 0 Å². The number of hydrogen-bond donors (Lipinski definition) is 3. The van der Waals surface area contributed by atoms with Crippen molar-refractivity contribution in [2.75, 3.05) is 25.0 Å². The molecule has 2 amide bonds. The molecule has 1 heterocycles. The first-order chi connectivity index (χ1) is 10.2. The molecule has 22 heavy (non-hydrogen) atoms. The Kier molecular flexibility index (Phi) is 7.63. The number of carbonyl (C=O) groups is 2. The molecule has 1 aliphatic heterocycles. The third-order valence-electron chi connectivity index (χ3n) is 3.36. The zero-order chi connectivity index (χ0) is 15.1. The Balaban J connectivity index is 0.00000242. The van der Waals surface area contributed by atoms with Crippen molar-refractivity contribution in [1.29, 1.82) is 0 Å². The van der Waals surface area contributed by atoms with Crippen molar-refractivity contribution in [3.8, 4) is 0 Å². The lowest BCUT2D eigenvalue weighted by Crippen LogP contribution is -2.29. The third-order valence-corrected chi connectivity index (χ3v) is 3.36. The highest BCUT2D eigenvalue weighted by Crippen LogP contribution is 2.11. The summed E-state index contributed by atoms with van der Waals surface area (Å²) in [4.78, 5) is 23.5. The van der Waals surface area contributed by atoms with E-state index in [2.05, 4.69) is 22.0 Å². The van der Waals surface area contributed by atoms with E-state index < -0.39 is 0 Å². The molecule has 2 rings (SSSR count). The highest BCUT2D eigenvalue weighted by molar-refractivity contribution is 5.97. The highest BCUT2D eigenvalue weighted by atomic mass is 35.5. The van der Waals surface area contributed by atoms with Crippen LogP contribution in [0.2, 0.25) is 0 Å². The van der Waals surface area contributed by atoms with Crippen LogP contribution < -0.4 is 16.0 Å². The average molecular weight is 324 g/mol. The highest BCUT2D eigenvalue weighted by Gasteiger charge is 2.09. The maximum atomic E-state index is 12.1. The molecule has 1 aliphatic rings. The van der Waals surface area contributed by atoms with Crippen LogP contribution in [0.4, 0.5) is 5.69 Å². The maximum Gasteiger partial charge on any atom is 0.251 e. The first-order valence-electron chi connectivity index (χ1n) is 7.25. The van der Waals surface area contributed by atoms with Crippen molar-refractivity contribution in [3.05, 3.63) is 41.5 Å². The van der Waals surface area contributed by atoms with E-state index in [0.29, 0.717) is 24.2 Å². The summed E-state index contributed by atoms with van der Waals surface area (Å²) in [5, 5.41) is 8.91. The third kappa shape index (κ3) is 5.50. The molecular weight excluding hydrogens is 302 g/mol. The van der Waals surface area contributed by atoms with Crippen LogP contribution in [-0.2, 0) is 4.79 Å². The Morgan fingerprint density at radius 2 is 2.14 bits per heavy atom. The minimum atomic E-state index is -0.123. The van der Waals surface area contributed by atoms with Gasteiger partial charge in [0.1, 0.15) is 0 Å².